The van der Waals surface area contributed by atoms with Gasteiger partial charge < -0.3 is 15.2 Å². The second-order valence-corrected chi connectivity index (χ2v) is 4.15. The van der Waals surface area contributed by atoms with Crippen molar-refractivity contribution in [1.29, 1.82) is 0 Å². The summed E-state index contributed by atoms with van der Waals surface area (Å²) in [5.41, 5.74) is 6.05. The zero-order valence-corrected chi connectivity index (χ0v) is 11.2. The minimum atomic E-state index is -0.221. The SMILES string of the molecule is CCCCCCCC(N)C(OCC)OCC. The van der Waals surface area contributed by atoms with Gasteiger partial charge in [-0.15, -0.1) is 0 Å². The first-order valence-corrected chi connectivity index (χ1v) is 6.74. The van der Waals surface area contributed by atoms with E-state index in [4.69, 9.17) is 15.2 Å². The van der Waals surface area contributed by atoms with Crippen molar-refractivity contribution in [1.82, 2.24) is 0 Å². The Kier molecular flexibility index (Phi) is 11.3. The van der Waals surface area contributed by atoms with Gasteiger partial charge in [-0.25, -0.2) is 0 Å². The molecule has 0 bridgehead atoms. The minimum absolute atomic E-state index is 0.0153. The third-order valence-electron chi connectivity index (χ3n) is 2.65. The highest BCUT2D eigenvalue weighted by Crippen LogP contribution is 2.10. The van der Waals surface area contributed by atoms with E-state index in [-0.39, 0.29) is 12.3 Å². The van der Waals surface area contributed by atoms with Crippen LogP contribution in [0, 0.1) is 0 Å². The van der Waals surface area contributed by atoms with Crippen LogP contribution in [0.25, 0.3) is 0 Å². The quantitative estimate of drug-likeness (QED) is 0.439. The van der Waals surface area contributed by atoms with Crippen molar-refractivity contribution in [2.24, 2.45) is 5.73 Å². The Morgan fingerprint density at radius 3 is 1.94 bits per heavy atom. The van der Waals surface area contributed by atoms with Gasteiger partial charge in [0, 0.05) is 13.2 Å². The summed E-state index contributed by atoms with van der Waals surface area (Å²) in [4.78, 5) is 0. The highest BCUT2D eigenvalue weighted by Gasteiger charge is 2.17. The zero-order chi connectivity index (χ0) is 12.2. The van der Waals surface area contributed by atoms with E-state index in [0.29, 0.717) is 13.2 Å². The Morgan fingerprint density at radius 2 is 1.44 bits per heavy atom. The first-order valence-electron chi connectivity index (χ1n) is 6.74. The van der Waals surface area contributed by atoms with Crippen LogP contribution >= 0.6 is 0 Å². The van der Waals surface area contributed by atoms with Gasteiger partial charge in [0.05, 0.1) is 6.04 Å². The topological polar surface area (TPSA) is 44.5 Å². The summed E-state index contributed by atoms with van der Waals surface area (Å²) >= 11 is 0. The molecule has 0 aliphatic heterocycles. The molecule has 0 aromatic carbocycles. The normalized spacial score (nSPS) is 13.3. The molecule has 0 spiro atoms. The van der Waals surface area contributed by atoms with Crippen LogP contribution in [-0.4, -0.2) is 25.5 Å². The first-order chi connectivity index (χ1) is 7.76. The molecule has 0 radical (unpaired) electrons. The number of hydrogen-bond donors (Lipinski definition) is 1. The van der Waals surface area contributed by atoms with Crippen LogP contribution in [0.2, 0.25) is 0 Å². The predicted molar refractivity (Wildman–Crippen MR) is 68.4 cm³/mol. The summed E-state index contributed by atoms with van der Waals surface area (Å²) in [6.07, 6.45) is 7.15. The Morgan fingerprint density at radius 1 is 0.875 bits per heavy atom. The lowest BCUT2D eigenvalue weighted by atomic mass is 10.1. The van der Waals surface area contributed by atoms with E-state index in [1.165, 1.54) is 32.1 Å². The average Bonchev–Trinajstić information content (AvgIpc) is 2.28. The van der Waals surface area contributed by atoms with Crippen molar-refractivity contribution in [3.05, 3.63) is 0 Å². The molecule has 98 valence electrons. The number of ether oxygens (including phenoxy) is 2. The molecular formula is C13H29NO2. The van der Waals surface area contributed by atoms with Crippen LogP contribution in [0.4, 0.5) is 0 Å². The number of rotatable bonds is 11. The summed E-state index contributed by atoms with van der Waals surface area (Å²) in [6.45, 7) is 7.49. The van der Waals surface area contributed by atoms with Crippen LogP contribution in [0.5, 0.6) is 0 Å². The molecule has 0 aromatic heterocycles. The second kappa shape index (κ2) is 11.4. The van der Waals surface area contributed by atoms with Gasteiger partial charge in [-0.05, 0) is 20.3 Å². The maximum atomic E-state index is 6.05. The Balaban J connectivity index is 3.60. The van der Waals surface area contributed by atoms with E-state index in [1.807, 2.05) is 13.8 Å². The van der Waals surface area contributed by atoms with Gasteiger partial charge >= 0.3 is 0 Å². The predicted octanol–water partition coefficient (Wildman–Crippen LogP) is 3.07. The van der Waals surface area contributed by atoms with Gasteiger partial charge in [0.1, 0.15) is 0 Å². The van der Waals surface area contributed by atoms with Crippen molar-refractivity contribution in [2.45, 2.75) is 71.6 Å². The molecule has 0 fully saturated rings. The molecule has 1 atom stereocenters. The Bertz CT molecular complexity index is 136. The van der Waals surface area contributed by atoms with Gasteiger partial charge in [-0.3, -0.25) is 0 Å². The molecule has 0 saturated carbocycles. The molecule has 0 aliphatic rings. The second-order valence-electron chi connectivity index (χ2n) is 4.15. The van der Waals surface area contributed by atoms with Gasteiger partial charge in [-0.1, -0.05) is 39.0 Å². The molecule has 1 unspecified atom stereocenters. The standard InChI is InChI=1S/C13H29NO2/c1-4-7-8-9-10-11-12(14)13(15-5-2)16-6-3/h12-13H,4-11,14H2,1-3H3. The van der Waals surface area contributed by atoms with Gasteiger partial charge in [0.15, 0.2) is 6.29 Å². The zero-order valence-electron chi connectivity index (χ0n) is 11.2. The number of nitrogens with two attached hydrogens (primary N) is 1. The first kappa shape index (κ1) is 15.9. The lowest BCUT2D eigenvalue weighted by Crippen LogP contribution is -2.38. The van der Waals surface area contributed by atoms with Crippen LogP contribution in [0.3, 0.4) is 0 Å². The molecule has 0 aromatic rings. The van der Waals surface area contributed by atoms with E-state index >= 15 is 0 Å². The third-order valence-corrected chi connectivity index (χ3v) is 2.65. The fraction of sp³-hybridized carbons (Fsp3) is 1.00. The maximum Gasteiger partial charge on any atom is 0.172 e. The van der Waals surface area contributed by atoms with Crippen LogP contribution in [0.15, 0.2) is 0 Å². The van der Waals surface area contributed by atoms with Crippen LogP contribution in [0.1, 0.15) is 59.3 Å². The monoisotopic (exact) mass is 231 g/mol. The third kappa shape index (κ3) is 8.08. The lowest BCUT2D eigenvalue weighted by Gasteiger charge is -2.23. The Labute approximate surface area is 101 Å². The van der Waals surface area contributed by atoms with Gasteiger partial charge in [0.2, 0.25) is 0 Å². The molecule has 0 amide bonds. The molecule has 0 saturated heterocycles. The van der Waals surface area contributed by atoms with Gasteiger partial charge in [0.25, 0.3) is 0 Å². The van der Waals surface area contributed by atoms with E-state index in [0.717, 1.165) is 6.42 Å². The van der Waals surface area contributed by atoms with E-state index in [1.54, 1.807) is 0 Å². The molecule has 0 aliphatic carbocycles. The van der Waals surface area contributed by atoms with Crippen molar-refractivity contribution in [2.75, 3.05) is 13.2 Å². The van der Waals surface area contributed by atoms with Crippen molar-refractivity contribution in [3.63, 3.8) is 0 Å². The summed E-state index contributed by atoms with van der Waals surface area (Å²) < 4.78 is 11.0. The van der Waals surface area contributed by atoms with Crippen molar-refractivity contribution < 1.29 is 9.47 Å². The van der Waals surface area contributed by atoms with Crippen molar-refractivity contribution >= 4 is 0 Å². The molecule has 0 rings (SSSR count). The van der Waals surface area contributed by atoms with Crippen LogP contribution < -0.4 is 5.73 Å². The van der Waals surface area contributed by atoms with Gasteiger partial charge in [-0.2, -0.15) is 0 Å². The summed E-state index contributed by atoms with van der Waals surface area (Å²) in [5, 5.41) is 0. The van der Waals surface area contributed by atoms with E-state index in [9.17, 15) is 0 Å². The van der Waals surface area contributed by atoms with Crippen LogP contribution in [-0.2, 0) is 9.47 Å². The largest absolute Gasteiger partial charge is 0.351 e. The number of unbranched alkanes of at least 4 members (excludes halogenated alkanes) is 4. The molecule has 16 heavy (non-hydrogen) atoms. The minimum Gasteiger partial charge on any atom is -0.351 e. The highest BCUT2D eigenvalue weighted by atomic mass is 16.7. The highest BCUT2D eigenvalue weighted by molar-refractivity contribution is 4.66. The maximum absolute atomic E-state index is 6.05. The molecule has 3 nitrogen and oxygen atoms in total. The summed E-state index contributed by atoms with van der Waals surface area (Å²) in [7, 11) is 0. The molecule has 0 heterocycles. The van der Waals surface area contributed by atoms with Crippen molar-refractivity contribution in [3.8, 4) is 0 Å². The molecule has 3 heteroatoms. The summed E-state index contributed by atoms with van der Waals surface area (Å²) in [6, 6.07) is 0.0153. The fourth-order valence-corrected chi connectivity index (χ4v) is 1.74. The molecule has 2 N–H and O–H groups in total. The average molecular weight is 231 g/mol. The fourth-order valence-electron chi connectivity index (χ4n) is 1.74. The smallest absolute Gasteiger partial charge is 0.172 e. The number of hydrogen-bond acceptors (Lipinski definition) is 3. The Hall–Kier alpha value is -0.120. The van der Waals surface area contributed by atoms with E-state index in [2.05, 4.69) is 6.92 Å². The lowest BCUT2D eigenvalue weighted by molar-refractivity contribution is -0.149. The summed E-state index contributed by atoms with van der Waals surface area (Å²) in [5.74, 6) is 0. The van der Waals surface area contributed by atoms with E-state index < -0.39 is 0 Å². The molecular weight excluding hydrogens is 202 g/mol.